The number of pyridine rings is 1. The third-order valence-corrected chi connectivity index (χ3v) is 3.48. The highest BCUT2D eigenvalue weighted by atomic mass is 35.5. The van der Waals surface area contributed by atoms with Crippen LogP contribution in [0, 0.1) is 5.82 Å². The summed E-state index contributed by atoms with van der Waals surface area (Å²) in [6, 6.07) is 6.56. The molecular weight excluding hydrogens is 286 g/mol. The maximum Gasteiger partial charge on any atom is 0.142 e. The van der Waals surface area contributed by atoms with Crippen molar-refractivity contribution < 1.29 is 4.39 Å². The van der Waals surface area contributed by atoms with Crippen molar-refractivity contribution in [2.24, 2.45) is 0 Å². The van der Waals surface area contributed by atoms with Gasteiger partial charge in [0.15, 0.2) is 0 Å². The number of hydrogen-bond acceptors (Lipinski definition) is 2. The van der Waals surface area contributed by atoms with Crippen LogP contribution in [0.15, 0.2) is 36.7 Å². The van der Waals surface area contributed by atoms with E-state index >= 15 is 0 Å². The molecule has 0 saturated heterocycles. The fourth-order valence-corrected chi connectivity index (χ4v) is 2.30. The molecule has 1 heterocycles. The van der Waals surface area contributed by atoms with Gasteiger partial charge in [-0.2, -0.15) is 0 Å². The van der Waals surface area contributed by atoms with Gasteiger partial charge in [0, 0.05) is 30.0 Å². The zero-order chi connectivity index (χ0) is 13.8. The van der Waals surface area contributed by atoms with Gasteiger partial charge in [0.2, 0.25) is 0 Å². The topological polar surface area (TPSA) is 24.9 Å². The Morgan fingerprint density at radius 1 is 1.21 bits per heavy atom. The standard InChI is InChI=1S/C14H13Cl2FN2/c1-9(19-8-10-2-4-18-5-3-10)11-6-14(17)13(16)7-12(11)15/h2-7,9,19H,8H2,1H3. The van der Waals surface area contributed by atoms with Crippen LogP contribution < -0.4 is 5.32 Å². The maximum atomic E-state index is 13.5. The predicted molar refractivity (Wildman–Crippen MR) is 75.9 cm³/mol. The highest BCUT2D eigenvalue weighted by molar-refractivity contribution is 6.35. The second-order valence-electron chi connectivity index (χ2n) is 4.25. The van der Waals surface area contributed by atoms with E-state index in [1.54, 1.807) is 12.4 Å². The first-order chi connectivity index (χ1) is 9.08. The van der Waals surface area contributed by atoms with Crippen LogP contribution in [0.4, 0.5) is 4.39 Å². The summed E-state index contributed by atoms with van der Waals surface area (Å²) in [6.07, 6.45) is 3.47. The molecule has 5 heteroatoms. The molecule has 1 atom stereocenters. The molecule has 1 aromatic heterocycles. The highest BCUT2D eigenvalue weighted by Crippen LogP contribution is 2.28. The number of rotatable bonds is 4. The minimum Gasteiger partial charge on any atom is -0.306 e. The van der Waals surface area contributed by atoms with Gasteiger partial charge in [0.05, 0.1) is 5.02 Å². The Labute approximate surface area is 121 Å². The molecule has 2 rings (SSSR count). The smallest absolute Gasteiger partial charge is 0.142 e. The highest BCUT2D eigenvalue weighted by Gasteiger charge is 2.13. The van der Waals surface area contributed by atoms with Crippen molar-refractivity contribution in [1.82, 2.24) is 10.3 Å². The molecule has 0 fully saturated rings. The van der Waals surface area contributed by atoms with E-state index < -0.39 is 5.82 Å². The third-order valence-electron chi connectivity index (χ3n) is 2.87. The monoisotopic (exact) mass is 298 g/mol. The molecule has 1 aromatic carbocycles. The van der Waals surface area contributed by atoms with Crippen LogP contribution in [-0.2, 0) is 6.54 Å². The van der Waals surface area contributed by atoms with Gasteiger partial charge in [-0.15, -0.1) is 0 Å². The number of hydrogen-bond donors (Lipinski definition) is 1. The predicted octanol–water partition coefficient (Wildman–Crippen LogP) is 4.38. The van der Waals surface area contributed by atoms with Crippen LogP contribution in [-0.4, -0.2) is 4.98 Å². The van der Waals surface area contributed by atoms with Crippen LogP contribution in [0.1, 0.15) is 24.1 Å². The summed E-state index contributed by atoms with van der Waals surface area (Å²) >= 11 is 11.8. The Bertz CT molecular complexity index is 561. The van der Waals surface area contributed by atoms with Crippen molar-refractivity contribution in [2.45, 2.75) is 19.5 Å². The van der Waals surface area contributed by atoms with Gasteiger partial charge in [0.1, 0.15) is 5.82 Å². The van der Waals surface area contributed by atoms with Crippen molar-refractivity contribution >= 4 is 23.2 Å². The Kier molecular flexibility index (Phi) is 4.75. The van der Waals surface area contributed by atoms with Gasteiger partial charge in [-0.3, -0.25) is 4.98 Å². The van der Waals surface area contributed by atoms with E-state index in [2.05, 4.69) is 10.3 Å². The number of halogens is 3. The normalized spacial score (nSPS) is 12.4. The molecule has 0 aliphatic carbocycles. The van der Waals surface area contributed by atoms with Crippen LogP contribution in [0.2, 0.25) is 10.0 Å². The summed E-state index contributed by atoms with van der Waals surface area (Å²) in [5.41, 5.74) is 1.80. The Morgan fingerprint density at radius 3 is 2.58 bits per heavy atom. The first kappa shape index (κ1) is 14.3. The van der Waals surface area contributed by atoms with E-state index in [-0.39, 0.29) is 11.1 Å². The fraction of sp³-hybridized carbons (Fsp3) is 0.214. The van der Waals surface area contributed by atoms with Gasteiger partial charge >= 0.3 is 0 Å². The minimum absolute atomic E-state index is 0.0371. The van der Waals surface area contributed by atoms with E-state index in [4.69, 9.17) is 23.2 Å². The van der Waals surface area contributed by atoms with E-state index in [1.807, 2.05) is 19.1 Å². The number of aromatic nitrogens is 1. The van der Waals surface area contributed by atoms with Gasteiger partial charge in [0.25, 0.3) is 0 Å². The Balaban J connectivity index is 2.08. The van der Waals surface area contributed by atoms with Crippen molar-refractivity contribution in [3.05, 3.63) is 63.6 Å². The summed E-state index contributed by atoms with van der Waals surface area (Å²) in [7, 11) is 0. The molecular formula is C14H13Cl2FN2. The average molecular weight is 299 g/mol. The lowest BCUT2D eigenvalue weighted by Gasteiger charge is -2.16. The zero-order valence-electron chi connectivity index (χ0n) is 10.3. The van der Waals surface area contributed by atoms with Crippen LogP contribution in [0.3, 0.4) is 0 Å². The second kappa shape index (κ2) is 6.33. The summed E-state index contributed by atoms with van der Waals surface area (Å²) in [5, 5.41) is 3.78. The largest absolute Gasteiger partial charge is 0.306 e. The van der Waals surface area contributed by atoms with Gasteiger partial charge in [-0.1, -0.05) is 23.2 Å². The van der Waals surface area contributed by atoms with Crippen molar-refractivity contribution in [1.29, 1.82) is 0 Å². The summed E-state index contributed by atoms with van der Waals surface area (Å²) in [5.74, 6) is -0.460. The van der Waals surface area contributed by atoms with Gasteiger partial charge in [-0.25, -0.2) is 4.39 Å². The lowest BCUT2D eigenvalue weighted by Crippen LogP contribution is -2.18. The lowest BCUT2D eigenvalue weighted by molar-refractivity contribution is 0.565. The number of benzene rings is 1. The summed E-state index contributed by atoms with van der Waals surface area (Å²) < 4.78 is 13.5. The molecule has 1 N–H and O–H groups in total. The Hall–Kier alpha value is -1.16. The first-order valence-corrected chi connectivity index (χ1v) is 6.60. The SMILES string of the molecule is CC(NCc1ccncc1)c1cc(F)c(Cl)cc1Cl. The van der Waals surface area contributed by atoms with Crippen LogP contribution in [0.5, 0.6) is 0 Å². The van der Waals surface area contributed by atoms with Crippen LogP contribution >= 0.6 is 23.2 Å². The summed E-state index contributed by atoms with van der Waals surface area (Å²) in [4.78, 5) is 3.95. The van der Waals surface area contributed by atoms with E-state index in [0.717, 1.165) is 5.56 Å². The van der Waals surface area contributed by atoms with Crippen molar-refractivity contribution in [3.8, 4) is 0 Å². The molecule has 0 aliphatic rings. The van der Waals surface area contributed by atoms with Gasteiger partial charge < -0.3 is 5.32 Å². The maximum absolute atomic E-state index is 13.5. The molecule has 0 radical (unpaired) electrons. The zero-order valence-corrected chi connectivity index (χ0v) is 11.8. The molecule has 0 spiro atoms. The Morgan fingerprint density at radius 2 is 1.89 bits per heavy atom. The molecule has 19 heavy (non-hydrogen) atoms. The van der Waals surface area contributed by atoms with E-state index in [0.29, 0.717) is 17.1 Å². The molecule has 0 amide bonds. The van der Waals surface area contributed by atoms with Gasteiger partial charge in [-0.05, 0) is 42.3 Å². The lowest BCUT2D eigenvalue weighted by atomic mass is 10.1. The molecule has 2 aromatic rings. The molecule has 0 bridgehead atoms. The fourth-order valence-electron chi connectivity index (χ4n) is 1.75. The second-order valence-corrected chi connectivity index (χ2v) is 5.06. The van der Waals surface area contributed by atoms with Crippen molar-refractivity contribution in [2.75, 3.05) is 0 Å². The number of nitrogens with zero attached hydrogens (tertiary/aromatic N) is 1. The first-order valence-electron chi connectivity index (χ1n) is 5.84. The quantitative estimate of drug-likeness (QED) is 0.848. The molecule has 100 valence electrons. The van der Waals surface area contributed by atoms with E-state index in [1.165, 1.54) is 12.1 Å². The van der Waals surface area contributed by atoms with E-state index in [9.17, 15) is 4.39 Å². The molecule has 1 unspecified atom stereocenters. The number of nitrogens with one attached hydrogen (secondary N) is 1. The summed E-state index contributed by atoms with van der Waals surface area (Å²) in [6.45, 7) is 2.58. The van der Waals surface area contributed by atoms with Crippen LogP contribution in [0.25, 0.3) is 0 Å². The molecule has 2 nitrogen and oxygen atoms in total. The molecule has 0 aliphatic heterocycles. The molecule has 0 saturated carbocycles. The van der Waals surface area contributed by atoms with Crippen molar-refractivity contribution in [3.63, 3.8) is 0 Å². The minimum atomic E-state index is -0.460. The third kappa shape index (κ3) is 3.66. The average Bonchev–Trinajstić information content (AvgIpc) is 2.41.